The van der Waals surface area contributed by atoms with Gasteiger partial charge in [0.2, 0.25) is 5.91 Å². The number of anilines is 1. The summed E-state index contributed by atoms with van der Waals surface area (Å²) in [6, 6.07) is 18.4. The van der Waals surface area contributed by atoms with Crippen molar-refractivity contribution in [1.29, 1.82) is 0 Å². The largest absolute Gasteiger partial charge is 0.356 e. The van der Waals surface area contributed by atoms with Gasteiger partial charge < -0.3 is 20.9 Å². The van der Waals surface area contributed by atoms with Crippen molar-refractivity contribution in [2.24, 2.45) is 4.99 Å². The summed E-state index contributed by atoms with van der Waals surface area (Å²) in [6.07, 6.45) is 0.487. The van der Waals surface area contributed by atoms with E-state index in [-0.39, 0.29) is 11.8 Å². The highest BCUT2D eigenvalue weighted by molar-refractivity contribution is 5.94. The van der Waals surface area contributed by atoms with Crippen molar-refractivity contribution in [2.45, 2.75) is 18.9 Å². The van der Waals surface area contributed by atoms with E-state index in [1.807, 2.05) is 24.3 Å². The minimum absolute atomic E-state index is 0.0657. The lowest BCUT2D eigenvalue weighted by molar-refractivity contribution is -0.116. The van der Waals surface area contributed by atoms with Crippen LogP contribution in [0.3, 0.4) is 0 Å². The molecule has 0 saturated heterocycles. The molecule has 3 rings (SSSR count). The van der Waals surface area contributed by atoms with Crippen molar-refractivity contribution in [3.05, 3.63) is 65.7 Å². The number of nitrogens with one attached hydrogen (secondary N) is 3. The molecule has 1 atom stereocenters. The molecular formula is C22H29N5O. The van der Waals surface area contributed by atoms with Crippen LogP contribution in [0.25, 0.3) is 0 Å². The van der Waals surface area contributed by atoms with Crippen LogP contribution in [0.1, 0.15) is 23.5 Å². The second kappa shape index (κ2) is 9.90. The van der Waals surface area contributed by atoms with Crippen LogP contribution in [-0.4, -0.2) is 50.5 Å². The van der Waals surface area contributed by atoms with Gasteiger partial charge in [-0.2, -0.15) is 0 Å². The van der Waals surface area contributed by atoms with Gasteiger partial charge in [-0.15, -0.1) is 0 Å². The third-order valence-electron chi connectivity index (χ3n) is 4.93. The zero-order valence-corrected chi connectivity index (χ0v) is 16.6. The standard InChI is InChI=1S/C22H29N5O/c1-23-22(24-12-13-27(2)16-17-8-4-3-5-9-17)25-15-18-14-21(28)26-20-11-7-6-10-19(18)20/h3-11,18H,12-16H2,1-2H3,(H,26,28)(H2,23,24,25). The topological polar surface area (TPSA) is 68.8 Å². The Labute approximate surface area is 167 Å². The molecule has 0 radical (unpaired) electrons. The average molecular weight is 380 g/mol. The smallest absolute Gasteiger partial charge is 0.225 e. The molecule has 28 heavy (non-hydrogen) atoms. The highest BCUT2D eigenvalue weighted by Gasteiger charge is 2.24. The van der Waals surface area contributed by atoms with Gasteiger partial charge in [0.15, 0.2) is 5.96 Å². The van der Waals surface area contributed by atoms with Crippen LogP contribution in [0.15, 0.2) is 59.6 Å². The highest BCUT2D eigenvalue weighted by atomic mass is 16.1. The molecule has 0 spiro atoms. The maximum Gasteiger partial charge on any atom is 0.225 e. The van der Waals surface area contributed by atoms with Gasteiger partial charge in [-0.05, 0) is 24.2 Å². The minimum atomic E-state index is 0.0657. The zero-order chi connectivity index (χ0) is 19.8. The number of hydrogen-bond donors (Lipinski definition) is 3. The summed E-state index contributed by atoms with van der Waals surface area (Å²) < 4.78 is 0. The molecule has 6 heteroatoms. The molecule has 2 aromatic carbocycles. The van der Waals surface area contributed by atoms with Crippen LogP contribution in [0.5, 0.6) is 0 Å². The molecule has 0 aliphatic carbocycles. The van der Waals surface area contributed by atoms with E-state index < -0.39 is 0 Å². The molecule has 6 nitrogen and oxygen atoms in total. The van der Waals surface area contributed by atoms with E-state index in [0.717, 1.165) is 31.3 Å². The number of hydrogen-bond acceptors (Lipinski definition) is 3. The van der Waals surface area contributed by atoms with Crippen LogP contribution in [-0.2, 0) is 11.3 Å². The zero-order valence-electron chi connectivity index (χ0n) is 16.6. The number of carbonyl (C=O) groups excluding carboxylic acids is 1. The Morgan fingerprint density at radius 2 is 1.89 bits per heavy atom. The van der Waals surface area contributed by atoms with Crippen molar-refractivity contribution in [3.63, 3.8) is 0 Å². The molecule has 148 valence electrons. The number of para-hydroxylation sites is 1. The molecule has 1 aliphatic rings. The first-order valence-electron chi connectivity index (χ1n) is 9.71. The van der Waals surface area contributed by atoms with Crippen LogP contribution in [0.2, 0.25) is 0 Å². The van der Waals surface area contributed by atoms with Gasteiger partial charge >= 0.3 is 0 Å². The lowest BCUT2D eigenvalue weighted by Gasteiger charge is -2.26. The predicted octanol–water partition coefficient (Wildman–Crippen LogP) is 2.41. The molecule has 0 saturated carbocycles. The van der Waals surface area contributed by atoms with Gasteiger partial charge in [0.25, 0.3) is 0 Å². The highest BCUT2D eigenvalue weighted by Crippen LogP contribution is 2.31. The van der Waals surface area contributed by atoms with Crippen molar-refractivity contribution >= 4 is 17.6 Å². The van der Waals surface area contributed by atoms with Gasteiger partial charge in [0.05, 0.1) is 0 Å². The summed E-state index contributed by atoms with van der Waals surface area (Å²) in [5.41, 5.74) is 3.39. The monoisotopic (exact) mass is 379 g/mol. The normalized spacial score (nSPS) is 16.5. The first-order valence-corrected chi connectivity index (χ1v) is 9.71. The second-order valence-corrected chi connectivity index (χ2v) is 7.14. The van der Waals surface area contributed by atoms with Crippen LogP contribution in [0.4, 0.5) is 5.69 Å². The Kier molecular flexibility index (Phi) is 7.03. The quantitative estimate of drug-likeness (QED) is 0.510. The summed E-state index contributed by atoms with van der Waals surface area (Å²) in [5, 5.41) is 9.66. The summed E-state index contributed by atoms with van der Waals surface area (Å²) in [5.74, 6) is 0.969. The SMILES string of the molecule is CN=C(NCCN(C)Cc1ccccc1)NCC1CC(=O)Nc2ccccc21. The third-order valence-corrected chi connectivity index (χ3v) is 4.93. The van der Waals surface area contributed by atoms with Gasteiger partial charge in [-0.1, -0.05) is 48.5 Å². The van der Waals surface area contributed by atoms with Gasteiger partial charge in [0, 0.05) is 51.3 Å². The maximum atomic E-state index is 12.0. The summed E-state index contributed by atoms with van der Waals surface area (Å²) in [4.78, 5) is 18.5. The number of carbonyl (C=O) groups is 1. The van der Waals surface area contributed by atoms with E-state index in [0.29, 0.717) is 13.0 Å². The Bertz CT molecular complexity index is 806. The molecule has 1 unspecified atom stereocenters. The maximum absolute atomic E-state index is 12.0. The first kappa shape index (κ1) is 19.9. The lowest BCUT2D eigenvalue weighted by Crippen LogP contribution is -2.43. The van der Waals surface area contributed by atoms with Crippen LogP contribution in [0, 0.1) is 0 Å². The Morgan fingerprint density at radius 3 is 2.68 bits per heavy atom. The van der Waals surface area contributed by atoms with Gasteiger partial charge in [-0.25, -0.2) is 0 Å². The Morgan fingerprint density at radius 1 is 1.14 bits per heavy atom. The number of rotatable bonds is 7. The predicted molar refractivity (Wildman–Crippen MR) is 115 cm³/mol. The van der Waals surface area contributed by atoms with Crippen molar-refractivity contribution < 1.29 is 4.79 Å². The minimum Gasteiger partial charge on any atom is -0.356 e. The number of likely N-dealkylation sites (N-methyl/N-ethyl adjacent to an activating group) is 1. The molecule has 1 heterocycles. The molecular weight excluding hydrogens is 350 g/mol. The molecule has 3 N–H and O–H groups in total. The molecule has 0 aromatic heterocycles. The number of benzene rings is 2. The van der Waals surface area contributed by atoms with Crippen LogP contribution < -0.4 is 16.0 Å². The number of nitrogens with zero attached hydrogens (tertiary/aromatic N) is 2. The number of guanidine groups is 1. The average Bonchev–Trinajstić information content (AvgIpc) is 2.71. The number of aliphatic imine (C=N–C) groups is 1. The van der Waals surface area contributed by atoms with E-state index in [2.05, 4.69) is 63.2 Å². The Hall–Kier alpha value is -2.86. The summed E-state index contributed by atoms with van der Waals surface area (Å²) in [6.45, 7) is 3.29. The number of fused-ring (bicyclic) bond motifs is 1. The molecule has 0 bridgehead atoms. The molecule has 0 fully saturated rings. The van der Waals surface area contributed by atoms with E-state index in [1.54, 1.807) is 7.05 Å². The summed E-state index contributed by atoms with van der Waals surface area (Å²) in [7, 11) is 3.88. The van der Waals surface area contributed by atoms with Crippen LogP contribution >= 0.6 is 0 Å². The van der Waals surface area contributed by atoms with E-state index in [4.69, 9.17) is 0 Å². The van der Waals surface area contributed by atoms with E-state index >= 15 is 0 Å². The number of amides is 1. The fourth-order valence-corrected chi connectivity index (χ4v) is 3.46. The molecule has 1 amide bonds. The third kappa shape index (κ3) is 5.57. The summed E-state index contributed by atoms with van der Waals surface area (Å²) >= 11 is 0. The van der Waals surface area contributed by atoms with E-state index in [9.17, 15) is 4.79 Å². The van der Waals surface area contributed by atoms with Crippen molar-refractivity contribution in [3.8, 4) is 0 Å². The van der Waals surface area contributed by atoms with Crippen molar-refractivity contribution in [1.82, 2.24) is 15.5 Å². The van der Waals surface area contributed by atoms with Gasteiger partial charge in [-0.3, -0.25) is 9.79 Å². The lowest BCUT2D eigenvalue weighted by atomic mass is 9.90. The van der Waals surface area contributed by atoms with E-state index in [1.165, 1.54) is 11.1 Å². The fourth-order valence-electron chi connectivity index (χ4n) is 3.46. The second-order valence-electron chi connectivity index (χ2n) is 7.14. The van der Waals surface area contributed by atoms with Gasteiger partial charge in [0.1, 0.15) is 0 Å². The Balaban J connectivity index is 1.44. The molecule has 1 aliphatic heterocycles. The fraction of sp³-hybridized carbons (Fsp3) is 0.364. The van der Waals surface area contributed by atoms with Crippen molar-refractivity contribution in [2.75, 3.05) is 39.0 Å². The molecule has 2 aromatic rings. The first-order chi connectivity index (χ1) is 13.7.